The van der Waals surface area contributed by atoms with Gasteiger partial charge in [0.05, 0.1) is 11.3 Å². The van der Waals surface area contributed by atoms with Crippen LogP contribution in [0.4, 0.5) is 10.1 Å². The number of ketones is 2. The normalized spacial score (nSPS) is 19.9. The zero-order valence-corrected chi connectivity index (χ0v) is 15.9. The highest BCUT2D eigenvalue weighted by Gasteiger charge is 2.38. The number of fused-ring (bicyclic) bond motifs is 1. The fourth-order valence-corrected chi connectivity index (χ4v) is 3.80. The minimum absolute atomic E-state index is 0.136. The Labute approximate surface area is 162 Å². The van der Waals surface area contributed by atoms with Crippen molar-refractivity contribution in [2.75, 3.05) is 18.2 Å². The Kier molecular flexibility index (Phi) is 5.51. The van der Waals surface area contributed by atoms with E-state index in [0.29, 0.717) is 18.4 Å². The van der Waals surface area contributed by atoms with Gasteiger partial charge in [-0.3, -0.25) is 24.2 Å². The van der Waals surface area contributed by atoms with Gasteiger partial charge in [0.15, 0.2) is 18.4 Å². The number of anilines is 1. The molecule has 1 aromatic rings. The number of rotatable bonds is 4. The number of hydrogen-bond acceptors (Lipinski definition) is 6. The molecule has 1 amide bonds. The van der Waals surface area contributed by atoms with Gasteiger partial charge in [-0.25, -0.2) is 4.39 Å². The van der Waals surface area contributed by atoms with Gasteiger partial charge in [0.25, 0.3) is 5.91 Å². The van der Waals surface area contributed by atoms with Crippen molar-refractivity contribution < 1.29 is 29.0 Å². The number of carbonyl (C=O) groups is 3. The number of allylic oxidation sites excluding steroid dienone is 1. The molecule has 1 aliphatic heterocycles. The van der Waals surface area contributed by atoms with Crippen LogP contribution >= 0.6 is 0 Å². The number of Topliss-reactive ketones (excluding diaryl/α,β-unsaturated/α-hetero) is 2. The summed E-state index contributed by atoms with van der Waals surface area (Å²) in [6.45, 7) is 2.61. The molecule has 3 rings (SSSR count). The SMILES string of the molecule is CCCN1C(=O)c2c(ccc(C(O)=C3C(=O)CCCC3=O)c2C)N(CF)C1O. The standard InChI is InChI=1S/C20H23FN2O5/c1-3-9-22-19(27)16-11(2)12(7-8-13(16)23(10-21)20(22)28)18(26)17-14(24)5-4-6-15(17)25/h7-8,20,26,28H,3-6,9-10H2,1-2H3. The van der Waals surface area contributed by atoms with Gasteiger partial charge in [-0.05, 0) is 37.5 Å². The number of nitrogens with zero attached hydrogens (tertiary/aromatic N) is 2. The topological polar surface area (TPSA) is 98.2 Å². The van der Waals surface area contributed by atoms with Crippen LogP contribution in [0.5, 0.6) is 0 Å². The molecule has 1 aromatic carbocycles. The van der Waals surface area contributed by atoms with Crippen molar-refractivity contribution in [3.05, 3.63) is 34.4 Å². The van der Waals surface area contributed by atoms with Crippen molar-refractivity contribution >= 4 is 28.9 Å². The van der Waals surface area contributed by atoms with Crippen LogP contribution in [0.15, 0.2) is 17.7 Å². The van der Waals surface area contributed by atoms with Crippen molar-refractivity contribution in [1.82, 2.24) is 4.90 Å². The molecule has 7 nitrogen and oxygen atoms in total. The van der Waals surface area contributed by atoms with Crippen LogP contribution in [-0.4, -0.2) is 52.3 Å². The molecule has 1 saturated carbocycles. The summed E-state index contributed by atoms with van der Waals surface area (Å²) in [5, 5.41) is 21.0. The van der Waals surface area contributed by atoms with Gasteiger partial charge in [0.2, 0.25) is 6.35 Å². The van der Waals surface area contributed by atoms with Crippen molar-refractivity contribution in [1.29, 1.82) is 0 Å². The summed E-state index contributed by atoms with van der Waals surface area (Å²) in [5.41, 5.74) is 0.595. The third kappa shape index (κ3) is 3.07. The van der Waals surface area contributed by atoms with E-state index >= 15 is 0 Å². The summed E-state index contributed by atoms with van der Waals surface area (Å²) in [6, 6.07) is 2.85. The maximum atomic E-state index is 13.6. The molecule has 1 fully saturated rings. The van der Waals surface area contributed by atoms with E-state index in [9.17, 15) is 29.0 Å². The van der Waals surface area contributed by atoms with Gasteiger partial charge in [-0.2, -0.15) is 0 Å². The lowest BCUT2D eigenvalue weighted by Crippen LogP contribution is -2.55. The molecule has 0 saturated heterocycles. The minimum atomic E-state index is -1.43. The first-order valence-corrected chi connectivity index (χ1v) is 9.28. The molecule has 0 spiro atoms. The number of aliphatic hydroxyl groups is 2. The monoisotopic (exact) mass is 390 g/mol. The molecule has 2 N–H and O–H groups in total. The van der Waals surface area contributed by atoms with Crippen LogP contribution < -0.4 is 4.90 Å². The molecule has 0 radical (unpaired) electrons. The van der Waals surface area contributed by atoms with Gasteiger partial charge < -0.3 is 10.2 Å². The van der Waals surface area contributed by atoms with Gasteiger partial charge >= 0.3 is 0 Å². The molecule has 1 heterocycles. The molecular weight excluding hydrogens is 367 g/mol. The van der Waals surface area contributed by atoms with Crippen molar-refractivity contribution in [3.8, 4) is 0 Å². The Balaban J connectivity index is 2.18. The second-order valence-electron chi connectivity index (χ2n) is 6.99. The molecule has 1 aliphatic carbocycles. The average Bonchev–Trinajstić information content (AvgIpc) is 2.65. The minimum Gasteiger partial charge on any atom is -0.506 e. The van der Waals surface area contributed by atoms with Crippen LogP contribution in [-0.2, 0) is 9.59 Å². The quantitative estimate of drug-likeness (QED) is 0.355. The number of hydrogen-bond donors (Lipinski definition) is 2. The van der Waals surface area contributed by atoms with Crippen LogP contribution in [0.1, 0.15) is 54.1 Å². The molecule has 8 heteroatoms. The Morgan fingerprint density at radius 1 is 1.18 bits per heavy atom. The fraction of sp³-hybridized carbons (Fsp3) is 0.450. The van der Waals surface area contributed by atoms with E-state index in [1.807, 2.05) is 6.92 Å². The van der Waals surface area contributed by atoms with E-state index < -0.39 is 36.4 Å². The summed E-state index contributed by atoms with van der Waals surface area (Å²) in [7, 11) is 0. The molecule has 2 aliphatic rings. The number of benzene rings is 1. The van der Waals surface area contributed by atoms with Gasteiger partial charge in [-0.15, -0.1) is 0 Å². The highest BCUT2D eigenvalue weighted by atomic mass is 19.1. The first-order valence-electron chi connectivity index (χ1n) is 9.28. The zero-order chi connectivity index (χ0) is 20.6. The van der Waals surface area contributed by atoms with E-state index in [1.165, 1.54) is 12.1 Å². The van der Waals surface area contributed by atoms with Gasteiger partial charge in [-0.1, -0.05) is 6.92 Å². The molecule has 28 heavy (non-hydrogen) atoms. The van der Waals surface area contributed by atoms with Gasteiger partial charge in [0, 0.05) is 24.9 Å². The maximum absolute atomic E-state index is 13.6. The first-order chi connectivity index (χ1) is 13.3. The fourth-order valence-electron chi connectivity index (χ4n) is 3.80. The van der Waals surface area contributed by atoms with Crippen molar-refractivity contribution in [2.24, 2.45) is 0 Å². The Bertz CT molecular complexity index is 862. The predicted octanol–water partition coefficient (Wildman–Crippen LogP) is 2.46. The van der Waals surface area contributed by atoms with Crippen molar-refractivity contribution in [3.63, 3.8) is 0 Å². The second-order valence-corrected chi connectivity index (χ2v) is 6.99. The van der Waals surface area contributed by atoms with Crippen LogP contribution in [0.25, 0.3) is 5.76 Å². The van der Waals surface area contributed by atoms with Crippen LogP contribution in [0.2, 0.25) is 0 Å². The lowest BCUT2D eigenvalue weighted by Gasteiger charge is -2.41. The summed E-state index contributed by atoms with van der Waals surface area (Å²) < 4.78 is 13.6. The number of aliphatic hydroxyl groups excluding tert-OH is 2. The number of halogens is 1. The predicted molar refractivity (Wildman–Crippen MR) is 100 cm³/mol. The highest BCUT2D eigenvalue weighted by molar-refractivity contribution is 6.26. The molecule has 1 atom stereocenters. The van der Waals surface area contributed by atoms with E-state index in [2.05, 4.69) is 0 Å². The molecule has 0 aromatic heterocycles. The average molecular weight is 390 g/mol. The molecular formula is C20H23FN2O5. The third-order valence-corrected chi connectivity index (χ3v) is 5.24. The lowest BCUT2D eigenvalue weighted by molar-refractivity contribution is -0.123. The molecule has 150 valence electrons. The molecule has 1 unspecified atom stereocenters. The highest BCUT2D eigenvalue weighted by Crippen LogP contribution is 2.37. The third-order valence-electron chi connectivity index (χ3n) is 5.24. The Morgan fingerprint density at radius 3 is 2.39 bits per heavy atom. The largest absolute Gasteiger partial charge is 0.506 e. The van der Waals surface area contributed by atoms with E-state index in [4.69, 9.17) is 0 Å². The van der Waals surface area contributed by atoms with Crippen molar-refractivity contribution in [2.45, 2.75) is 45.9 Å². The summed E-state index contributed by atoms with van der Waals surface area (Å²) in [4.78, 5) is 39.5. The summed E-state index contributed by atoms with van der Waals surface area (Å²) in [5.74, 6) is -1.80. The maximum Gasteiger partial charge on any atom is 0.259 e. The summed E-state index contributed by atoms with van der Waals surface area (Å²) in [6.07, 6.45) is -0.0511. The smallest absolute Gasteiger partial charge is 0.259 e. The Hall–Kier alpha value is -2.74. The van der Waals surface area contributed by atoms with E-state index in [0.717, 1.165) is 9.80 Å². The van der Waals surface area contributed by atoms with Crippen LogP contribution in [0, 0.1) is 6.92 Å². The Morgan fingerprint density at radius 2 is 1.82 bits per heavy atom. The van der Waals surface area contributed by atoms with Gasteiger partial charge in [0.1, 0.15) is 11.3 Å². The van der Waals surface area contributed by atoms with E-state index in [-0.39, 0.29) is 41.8 Å². The number of carbonyl (C=O) groups excluding carboxylic acids is 3. The summed E-state index contributed by atoms with van der Waals surface area (Å²) >= 11 is 0. The molecule has 0 bridgehead atoms. The lowest BCUT2D eigenvalue weighted by atomic mass is 9.87. The first kappa shape index (κ1) is 20.0. The zero-order valence-electron chi connectivity index (χ0n) is 15.9. The van der Waals surface area contributed by atoms with E-state index in [1.54, 1.807) is 6.92 Å². The number of amides is 1. The van der Waals surface area contributed by atoms with Crippen LogP contribution in [0.3, 0.4) is 0 Å². The second kappa shape index (κ2) is 7.71. The number of alkyl halides is 1.